The van der Waals surface area contributed by atoms with Crippen LogP contribution in [0.5, 0.6) is 0 Å². The number of hydrogen-bond acceptors (Lipinski definition) is 5. The van der Waals surface area contributed by atoms with Crippen LogP contribution in [0.2, 0.25) is 5.02 Å². The van der Waals surface area contributed by atoms with Crippen molar-refractivity contribution in [3.8, 4) is 0 Å². The van der Waals surface area contributed by atoms with Gasteiger partial charge in [0.25, 0.3) is 11.6 Å². The predicted octanol–water partition coefficient (Wildman–Crippen LogP) is 4.65. The molecule has 1 heterocycles. The van der Waals surface area contributed by atoms with Gasteiger partial charge in [-0.15, -0.1) is 0 Å². The van der Waals surface area contributed by atoms with E-state index in [0.717, 1.165) is 17.3 Å². The average Bonchev–Trinajstić information content (AvgIpc) is 2.85. The van der Waals surface area contributed by atoms with Gasteiger partial charge >= 0.3 is 0 Å². The highest BCUT2D eigenvalue weighted by molar-refractivity contribution is 8.26. The summed E-state index contributed by atoms with van der Waals surface area (Å²) >= 11 is 12.6. The second-order valence-corrected chi connectivity index (χ2v) is 7.30. The Hall–Kier alpha value is -2.22. The van der Waals surface area contributed by atoms with Crippen molar-refractivity contribution in [3.63, 3.8) is 0 Å². The van der Waals surface area contributed by atoms with Gasteiger partial charge in [-0.3, -0.25) is 19.8 Å². The summed E-state index contributed by atoms with van der Waals surface area (Å²) in [7, 11) is 0. The quantitative estimate of drug-likeness (QED) is 0.329. The number of carbonyl (C=O) groups is 1. The average molecular weight is 391 g/mol. The molecule has 2 aromatic carbocycles. The Morgan fingerprint density at radius 3 is 2.64 bits per heavy atom. The van der Waals surface area contributed by atoms with E-state index in [4.69, 9.17) is 23.8 Å². The second-order valence-electron chi connectivity index (χ2n) is 5.22. The Morgan fingerprint density at radius 2 is 1.96 bits per heavy atom. The van der Waals surface area contributed by atoms with Gasteiger partial charge in [0.05, 0.1) is 16.4 Å². The maximum atomic E-state index is 12.6. The zero-order valence-corrected chi connectivity index (χ0v) is 15.1. The highest BCUT2D eigenvalue weighted by atomic mass is 35.5. The lowest BCUT2D eigenvalue weighted by molar-refractivity contribution is -0.384. The van der Waals surface area contributed by atoms with Crippen LogP contribution in [0.3, 0.4) is 0 Å². The van der Waals surface area contributed by atoms with Gasteiger partial charge in [0, 0.05) is 22.7 Å². The summed E-state index contributed by atoms with van der Waals surface area (Å²) in [6, 6.07) is 13.6. The topological polar surface area (TPSA) is 63.4 Å². The zero-order chi connectivity index (χ0) is 18.0. The molecule has 25 heavy (non-hydrogen) atoms. The molecular weight excluding hydrogens is 380 g/mol. The number of nitrogens with zero attached hydrogens (tertiary/aromatic N) is 2. The molecule has 1 aliphatic heterocycles. The summed E-state index contributed by atoms with van der Waals surface area (Å²) in [4.78, 5) is 24.9. The van der Waals surface area contributed by atoms with Crippen molar-refractivity contribution in [3.05, 3.63) is 79.7 Å². The Morgan fingerprint density at radius 1 is 1.24 bits per heavy atom. The van der Waals surface area contributed by atoms with Crippen molar-refractivity contribution in [2.75, 3.05) is 0 Å². The van der Waals surface area contributed by atoms with Crippen LogP contribution in [-0.4, -0.2) is 20.1 Å². The third-order valence-corrected chi connectivity index (χ3v) is 5.26. The minimum atomic E-state index is -0.506. The maximum absolute atomic E-state index is 12.6. The number of halogens is 1. The monoisotopic (exact) mass is 390 g/mol. The number of thiocarbonyl (C=S) groups is 1. The van der Waals surface area contributed by atoms with E-state index in [1.54, 1.807) is 6.08 Å². The van der Waals surface area contributed by atoms with Crippen LogP contribution in [0.4, 0.5) is 5.69 Å². The number of thioether (sulfide) groups is 1. The first-order chi connectivity index (χ1) is 12.0. The zero-order valence-electron chi connectivity index (χ0n) is 12.7. The Bertz CT molecular complexity index is 900. The van der Waals surface area contributed by atoms with Crippen molar-refractivity contribution in [1.29, 1.82) is 0 Å². The summed E-state index contributed by atoms with van der Waals surface area (Å²) < 4.78 is 0.446. The summed E-state index contributed by atoms with van der Waals surface area (Å²) in [5, 5.41) is 11.2. The van der Waals surface area contributed by atoms with E-state index >= 15 is 0 Å². The standard InChI is InChI=1S/C17H11ClN2O3S2/c18-14-7-6-13(20(22)23)8-12(14)9-15-16(21)19(17(24)25-15)10-11-4-2-1-3-5-11/h1-9H,10H2. The summed E-state index contributed by atoms with van der Waals surface area (Å²) in [6.07, 6.45) is 1.54. The van der Waals surface area contributed by atoms with Gasteiger partial charge in [-0.25, -0.2) is 0 Å². The van der Waals surface area contributed by atoms with Gasteiger partial charge in [-0.2, -0.15) is 0 Å². The smallest absolute Gasteiger partial charge is 0.270 e. The number of nitro benzene ring substituents is 1. The van der Waals surface area contributed by atoms with Crippen LogP contribution in [0, 0.1) is 10.1 Å². The van der Waals surface area contributed by atoms with E-state index in [0.29, 0.717) is 26.4 Å². The first kappa shape index (κ1) is 17.6. The van der Waals surface area contributed by atoms with E-state index < -0.39 is 4.92 Å². The number of rotatable bonds is 4. The van der Waals surface area contributed by atoms with Crippen molar-refractivity contribution in [1.82, 2.24) is 4.90 Å². The minimum absolute atomic E-state index is 0.0876. The summed E-state index contributed by atoms with van der Waals surface area (Å²) in [6.45, 7) is 0.380. The van der Waals surface area contributed by atoms with E-state index in [-0.39, 0.29) is 11.6 Å². The van der Waals surface area contributed by atoms with Gasteiger partial charge < -0.3 is 0 Å². The molecule has 0 aliphatic carbocycles. The Kier molecular flexibility index (Phi) is 5.17. The van der Waals surface area contributed by atoms with Gasteiger partial charge in [-0.05, 0) is 17.7 Å². The normalized spacial score (nSPS) is 15.9. The third kappa shape index (κ3) is 3.89. The molecule has 0 aromatic heterocycles. The van der Waals surface area contributed by atoms with Crippen molar-refractivity contribution < 1.29 is 9.72 Å². The van der Waals surface area contributed by atoms with Gasteiger partial charge in [0.15, 0.2) is 0 Å². The fourth-order valence-electron chi connectivity index (χ4n) is 2.30. The van der Waals surface area contributed by atoms with Gasteiger partial charge in [0.1, 0.15) is 4.32 Å². The molecule has 0 atom stereocenters. The van der Waals surface area contributed by atoms with E-state index in [1.165, 1.54) is 23.1 Å². The van der Waals surface area contributed by atoms with Gasteiger partial charge in [0.2, 0.25) is 0 Å². The van der Waals surface area contributed by atoms with E-state index in [1.807, 2.05) is 30.3 Å². The number of benzene rings is 2. The first-order valence-electron chi connectivity index (χ1n) is 7.19. The molecule has 1 fully saturated rings. The fourth-order valence-corrected chi connectivity index (χ4v) is 3.72. The van der Waals surface area contributed by atoms with E-state index in [9.17, 15) is 14.9 Å². The van der Waals surface area contributed by atoms with Crippen LogP contribution in [0.15, 0.2) is 53.4 Å². The summed E-state index contributed by atoms with van der Waals surface area (Å²) in [5.41, 5.74) is 1.29. The molecule has 0 radical (unpaired) electrons. The molecule has 0 saturated carbocycles. The number of nitro groups is 1. The fraction of sp³-hybridized carbons (Fsp3) is 0.0588. The predicted molar refractivity (Wildman–Crippen MR) is 103 cm³/mol. The molecule has 0 N–H and O–H groups in total. The van der Waals surface area contributed by atoms with Crippen molar-refractivity contribution in [2.45, 2.75) is 6.54 Å². The lowest BCUT2D eigenvalue weighted by Gasteiger charge is -2.14. The molecule has 0 unspecified atom stereocenters. The first-order valence-corrected chi connectivity index (χ1v) is 8.79. The Labute approximate surface area is 158 Å². The lowest BCUT2D eigenvalue weighted by atomic mass is 10.1. The van der Waals surface area contributed by atoms with Crippen molar-refractivity contribution >= 4 is 57.6 Å². The molecule has 1 amide bonds. The molecule has 126 valence electrons. The molecule has 8 heteroatoms. The number of non-ortho nitro benzene ring substituents is 1. The molecule has 3 rings (SSSR count). The molecular formula is C17H11ClN2O3S2. The van der Waals surface area contributed by atoms with Crippen LogP contribution in [-0.2, 0) is 11.3 Å². The molecule has 1 saturated heterocycles. The second kappa shape index (κ2) is 7.35. The van der Waals surface area contributed by atoms with Crippen LogP contribution >= 0.6 is 35.6 Å². The molecule has 2 aromatic rings. The highest BCUT2D eigenvalue weighted by Crippen LogP contribution is 2.35. The van der Waals surface area contributed by atoms with Gasteiger partial charge in [-0.1, -0.05) is 65.9 Å². The highest BCUT2D eigenvalue weighted by Gasteiger charge is 2.32. The molecule has 5 nitrogen and oxygen atoms in total. The largest absolute Gasteiger partial charge is 0.288 e. The van der Waals surface area contributed by atoms with Crippen LogP contribution in [0.25, 0.3) is 6.08 Å². The molecule has 0 bridgehead atoms. The number of carbonyl (C=O) groups excluding carboxylic acids is 1. The SMILES string of the molecule is O=C1C(=Cc2cc([N+](=O)[O-])ccc2Cl)SC(=S)N1Cc1ccccc1. The third-order valence-electron chi connectivity index (χ3n) is 3.53. The Balaban J connectivity index is 1.88. The van der Waals surface area contributed by atoms with Crippen molar-refractivity contribution in [2.24, 2.45) is 0 Å². The number of amides is 1. The summed E-state index contributed by atoms with van der Waals surface area (Å²) in [5.74, 6) is -0.235. The molecule has 1 aliphatic rings. The minimum Gasteiger partial charge on any atom is -0.288 e. The number of hydrogen-bond donors (Lipinski definition) is 0. The van der Waals surface area contributed by atoms with E-state index in [2.05, 4.69) is 0 Å². The van der Waals surface area contributed by atoms with Crippen LogP contribution in [0.1, 0.15) is 11.1 Å². The maximum Gasteiger partial charge on any atom is 0.270 e. The lowest BCUT2D eigenvalue weighted by Crippen LogP contribution is -2.27. The van der Waals surface area contributed by atoms with Crippen LogP contribution < -0.4 is 0 Å². The molecule has 0 spiro atoms.